The van der Waals surface area contributed by atoms with Crippen molar-refractivity contribution in [3.05, 3.63) is 46.9 Å². The quantitative estimate of drug-likeness (QED) is 0.704. The Labute approximate surface area is 159 Å². The molecule has 2 aromatic carbocycles. The number of nitrogens with zero attached hydrogens (tertiary/aromatic N) is 1. The third-order valence-electron chi connectivity index (χ3n) is 3.07. The number of thioether (sulfide) groups is 1. The molecule has 0 heterocycles. The molecule has 9 heteroatoms. The van der Waals surface area contributed by atoms with Gasteiger partial charge in [0.05, 0.1) is 7.11 Å². The van der Waals surface area contributed by atoms with Crippen molar-refractivity contribution in [3.8, 4) is 5.75 Å². The maximum atomic E-state index is 12.7. The molecule has 0 saturated heterocycles. The summed E-state index contributed by atoms with van der Waals surface area (Å²) in [6, 6.07) is 11.4. The van der Waals surface area contributed by atoms with E-state index in [-0.39, 0.29) is 15.9 Å². The number of methoxy groups -OCH3 is 1. The molecule has 0 spiro atoms. The predicted molar refractivity (Wildman–Crippen MR) is 103 cm³/mol. The minimum Gasteiger partial charge on any atom is -0.495 e. The van der Waals surface area contributed by atoms with Crippen LogP contribution in [-0.2, 0) is 10.0 Å². The summed E-state index contributed by atoms with van der Waals surface area (Å²) in [5.41, 5.74) is 0.360. The van der Waals surface area contributed by atoms with Gasteiger partial charge in [0.1, 0.15) is 10.6 Å². The molecule has 0 bridgehead atoms. The summed E-state index contributed by atoms with van der Waals surface area (Å²) in [7, 11) is 0.868. The Morgan fingerprint density at radius 2 is 1.92 bits per heavy atom. The summed E-state index contributed by atoms with van der Waals surface area (Å²) in [5, 5.41) is -0.145. The van der Waals surface area contributed by atoms with Gasteiger partial charge in [-0.2, -0.15) is 0 Å². The highest BCUT2D eigenvalue weighted by molar-refractivity contribution is 9.10. The lowest BCUT2D eigenvalue weighted by Crippen LogP contribution is -2.16. The molecule has 0 saturated carbocycles. The van der Waals surface area contributed by atoms with E-state index in [1.165, 1.54) is 18.1 Å². The molecule has 25 heavy (non-hydrogen) atoms. The van der Waals surface area contributed by atoms with Gasteiger partial charge in [0.15, 0.2) is 0 Å². The number of amides is 1. The van der Waals surface area contributed by atoms with E-state index < -0.39 is 10.0 Å². The number of rotatable bonds is 5. The second-order valence-electron chi connectivity index (χ2n) is 5.19. The van der Waals surface area contributed by atoms with Crippen molar-refractivity contribution >= 4 is 48.6 Å². The Morgan fingerprint density at radius 1 is 1.20 bits per heavy atom. The molecule has 1 amide bonds. The van der Waals surface area contributed by atoms with Crippen LogP contribution in [0.25, 0.3) is 0 Å². The number of ether oxygens (including phenoxy) is 1. The van der Waals surface area contributed by atoms with Gasteiger partial charge in [-0.15, -0.1) is 0 Å². The molecule has 2 aromatic rings. The fourth-order valence-corrected chi connectivity index (χ4v) is 4.36. The van der Waals surface area contributed by atoms with Gasteiger partial charge in [0.25, 0.3) is 15.3 Å². The fraction of sp³-hybridized carbons (Fsp3) is 0.188. The largest absolute Gasteiger partial charge is 0.495 e. The first-order valence-corrected chi connectivity index (χ1v) is 10.2. The smallest absolute Gasteiger partial charge is 0.285 e. The standard InChI is InChI=1S/C16H17BrN2O4S2/c1-19(2)16(20)24-13-6-4-5-12(10-13)18-25(21,22)15-9-11(17)7-8-14(15)23-3/h4-10,18H,1-3H3. The first-order chi connectivity index (χ1) is 11.7. The van der Waals surface area contributed by atoms with Gasteiger partial charge in [0, 0.05) is 29.2 Å². The Kier molecular flexibility index (Phi) is 6.36. The molecule has 0 unspecified atom stereocenters. The molecule has 0 aliphatic heterocycles. The zero-order chi connectivity index (χ0) is 18.6. The number of carbonyl (C=O) groups is 1. The van der Waals surface area contributed by atoms with Crippen LogP contribution in [0.3, 0.4) is 0 Å². The average Bonchev–Trinajstić information content (AvgIpc) is 2.54. The van der Waals surface area contributed by atoms with Crippen LogP contribution in [-0.4, -0.2) is 39.8 Å². The Morgan fingerprint density at radius 3 is 2.56 bits per heavy atom. The summed E-state index contributed by atoms with van der Waals surface area (Å²) in [6.45, 7) is 0. The van der Waals surface area contributed by atoms with E-state index in [2.05, 4.69) is 20.7 Å². The van der Waals surface area contributed by atoms with E-state index in [4.69, 9.17) is 4.74 Å². The van der Waals surface area contributed by atoms with E-state index in [1.807, 2.05) is 0 Å². The van der Waals surface area contributed by atoms with Crippen LogP contribution in [0.4, 0.5) is 10.5 Å². The number of halogens is 1. The average molecular weight is 445 g/mol. The zero-order valence-corrected chi connectivity index (χ0v) is 17.0. The number of carbonyl (C=O) groups excluding carboxylic acids is 1. The van der Waals surface area contributed by atoms with E-state index >= 15 is 0 Å². The summed E-state index contributed by atoms with van der Waals surface area (Å²) in [5.74, 6) is 0.240. The number of hydrogen-bond acceptors (Lipinski definition) is 5. The molecule has 2 rings (SSSR count). The second-order valence-corrected chi connectivity index (χ2v) is 8.78. The molecule has 134 valence electrons. The molecule has 0 aliphatic rings. The van der Waals surface area contributed by atoms with Crippen molar-refractivity contribution in [2.45, 2.75) is 9.79 Å². The van der Waals surface area contributed by atoms with Gasteiger partial charge < -0.3 is 9.64 Å². The van der Waals surface area contributed by atoms with E-state index in [9.17, 15) is 13.2 Å². The highest BCUT2D eigenvalue weighted by atomic mass is 79.9. The van der Waals surface area contributed by atoms with Crippen LogP contribution in [0, 0.1) is 0 Å². The van der Waals surface area contributed by atoms with Crippen LogP contribution in [0.1, 0.15) is 0 Å². The van der Waals surface area contributed by atoms with Crippen LogP contribution in [0.5, 0.6) is 5.75 Å². The van der Waals surface area contributed by atoms with Gasteiger partial charge in [0.2, 0.25) is 0 Å². The van der Waals surface area contributed by atoms with Crippen molar-refractivity contribution in [2.75, 3.05) is 25.9 Å². The fourth-order valence-electron chi connectivity index (χ4n) is 1.89. The molecular weight excluding hydrogens is 428 g/mol. The topological polar surface area (TPSA) is 75.7 Å². The second kappa shape index (κ2) is 8.11. The maximum Gasteiger partial charge on any atom is 0.285 e. The number of anilines is 1. The first-order valence-electron chi connectivity index (χ1n) is 7.08. The molecule has 0 radical (unpaired) electrons. The number of benzene rings is 2. The molecule has 0 fully saturated rings. The minimum absolute atomic E-state index is 0.0202. The lowest BCUT2D eigenvalue weighted by Gasteiger charge is -2.13. The van der Waals surface area contributed by atoms with Crippen molar-refractivity contribution in [3.63, 3.8) is 0 Å². The van der Waals surface area contributed by atoms with Crippen molar-refractivity contribution in [1.82, 2.24) is 4.90 Å². The first kappa shape index (κ1) is 19.6. The molecule has 1 N–H and O–H groups in total. The lowest BCUT2D eigenvalue weighted by atomic mass is 10.3. The van der Waals surface area contributed by atoms with Crippen LogP contribution < -0.4 is 9.46 Å². The van der Waals surface area contributed by atoms with Gasteiger partial charge >= 0.3 is 0 Å². The minimum atomic E-state index is -3.85. The molecule has 0 atom stereocenters. The molecule has 6 nitrogen and oxygen atoms in total. The number of nitrogens with one attached hydrogen (secondary N) is 1. The van der Waals surface area contributed by atoms with Gasteiger partial charge in [-0.05, 0) is 48.2 Å². The van der Waals surface area contributed by atoms with E-state index in [0.29, 0.717) is 15.1 Å². The lowest BCUT2D eigenvalue weighted by molar-refractivity contribution is 0.241. The van der Waals surface area contributed by atoms with Gasteiger partial charge in [-0.3, -0.25) is 9.52 Å². The Balaban J connectivity index is 2.30. The number of sulfonamides is 1. The van der Waals surface area contributed by atoms with Crippen LogP contribution in [0.2, 0.25) is 0 Å². The SMILES string of the molecule is COc1ccc(Br)cc1S(=O)(=O)Nc1cccc(SC(=O)N(C)C)c1. The zero-order valence-electron chi connectivity index (χ0n) is 13.8. The maximum absolute atomic E-state index is 12.7. The highest BCUT2D eigenvalue weighted by Gasteiger charge is 2.20. The summed E-state index contributed by atoms with van der Waals surface area (Å²) < 4.78 is 33.6. The van der Waals surface area contributed by atoms with Crippen molar-refractivity contribution < 1.29 is 17.9 Å². The third kappa shape index (κ3) is 5.13. The third-order valence-corrected chi connectivity index (χ3v) is 6.00. The van der Waals surface area contributed by atoms with Crippen LogP contribution in [0.15, 0.2) is 56.7 Å². The molecule has 0 aliphatic carbocycles. The van der Waals surface area contributed by atoms with Crippen LogP contribution >= 0.6 is 27.7 Å². The normalized spacial score (nSPS) is 11.0. The Bertz CT molecular complexity index is 885. The highest BCUT2D eigenvalue weighted by Crippen LogP contribution is 2.30. The van der Waals surface area contributed by atoms with Gasteiger partial charge in [-0.1, -0.05) is 22.0 Å². The molecule has 0 aromatic heterocycles. The summed E-state index contributed by atoms with van der Waals surface area (Å²) in [6.07, 6.45) is 0. The monoisotopic (exact) mass is 444 g/mol. The summed E-state index contributed by atoms with van der Waals surface area (Å²) >= 11 is 4.28. The van der Waals surface area contributed by atoms with E-state index in [0.717, 1.165) is 11.8 Å². The van der Waals surface area contributed by atoms with Crippen molar-refractivity contribution in [2.24, 2.45) is 0 Å². The Hall–Kier alpha value is -1.71. The van der Waals surface area contributed by atoms with Gasteiger partial charge in [-0.25, -0.2) is 8.42 Å². The van der Waals surface area contributed by atoms with E-state index in [1.54, 1.807) is 50.5 Å². The molecular formula is C16H17BrN2O4S2. The number of hydrogen-bond donors (Lipinski definition) is 1. The summed E-state index contributed by atoms with van der Waals surface area (Å²) in [4.78, 5) is 13.9. The predicted octanol–water partition coefficient (Wildman–Crippen LogP) is 4.03. The van der Waals surface area contributed by atoms with Crippen molar-refractivity contribution in [1.29, 1.82) is 0 Å².